The number of likely N-dealkylation sites (N-methyl/N-ethyl adjacent to an activating group) is 1. The second-order valence-electron chi connectivity index (χ2n) is 8.28. The third-order valence-electron chi connectivity index (χ3n) is 6.04. The minimum Gasteiger partial charge on any atom is -0.361 e. The van der Waals surface area contributed by atoms with Crippen molar-refractivity contribution in [3.05, 3.63) is 41.9 Å². The van der Waals surface area contributed by atoms with Gasteiger partial charge in [-0.1, -0.05) is 31.5 Å². The average Bonchev–Trinajstić information content (AvgIpc) is 3.38. The fourth-order valence-electron chi connectivity index (χ4n) is 4.12. The van der Waals surface area contributed by atoms with Crippen LogP contribution in [0, 0.1) is 0 Å². The van der Waals surface area contributed by atoms with Gasteiger partial charge in [0.05, 0.1) is 0 Å². The molecule has 4 rings (SSSR count). The molecule has 3 aromatic rings. The van der Waals surface area contributed by atoms with Gasteiger partial charge in [-0.05, 0) is 38.4 Å². The molecule has 160 valence electrons. The second-order valence-corrected chi connectivity index (χ2v) is 8.28. The van der Waals surface area contributed by atoms with Crippen molar-refractivity contribution in [3.8, 4) is 0 Å². The van der Waals surface area contributed by atoms with Crippen LogP contribution in [0.1, 0.15) is 42.9 Å². The van der Waals surface area contributed by atoms with E-state index in [0.29, 0.717) is 12.0 Å². The molecule has 1 unspecified atom stereocenters. The first-order chi connectivity index (χ1) is 14.5. The van der Waals surface area contributed by atoms with Gasteiger partial charge in [0.1, 0.15) is 0 Å². The summed E-state index contributed by atoms with van der Waals surface area (Å²) in [6, 6.07) is 8.73. The van der Waals surface area contributed by atoms with E-state index in [1.165, 1.54) is 10.9 Å². The van der Waals surface area contributed by atoms with Crippen LogP contribution in [0.2, 0.25) is 0 Å². The quantitative estimate of drug-likeness (QED) is 0.558. The minimum atomic E-state index is -0.200. The van der Waals surface area contributed by atoms with Crippen LogP contribution in [0.4, 0.5) is 5.95 Å². The molecule has 1 amide bonds. The van der Waals surface area contributed by atoms with Crippen LogP contribution in [0.15, 0.2) is 30.5 Å². The number of nitrogens with zero attached hydrogens (tertiary/aromatic N) is 4. The van der Waals surface area contributed by atoms with Gasteiger partial charge in [0, 0.05) is 48.8 Å². The third kappa shape index (κ3) is 4.33. The number of H-pyrrole nitrogens is 2. The number of carbonyl (C=O) groups excluding carboxylic acids is 1. The van der Waals surface area contributed by atoms with E-state index in [-0.39, 0.29) is 17.8 Å². The molecular weight excluding hydrogens is 378 g/mol. The lowest BCUT2D eigenvalue weighted by atomic mass is 10.0. The van der Waals surface area contributed by atoms with Gasteiger partial charge in [0.25, 0.3) is 5.91 Å². The number of aromatic amines is 2. The van der Waals surface area contributed by atoms with Crippen LogP contribution in [0.3, 0.4) is 0 Å². The predicted octanol–water partition coefficient (Wildman–Crippen LogP) is 2.57. The zero-order chi connectivity index (χ0) is 21.1. The van der Waals surface area contributed by atoms with Gasteiger partial charge in [-0.2, -0.15) is 4.98 Å². The maximum absolute atomic E-state index is 12.9. The van der Waals surface area contributed by atoms with Crippen LogP contribution >= 0.6 is 0 Å². The summed E-state index contributed by atoms with van der Waals surface area (Å²) in [5, 5.41) is 11.5. The Morgan fingerprint density at radius 2 is 2.17 bits per heavy atom. The zero-order valence-corrected chi connectivity index (χ0v) is 18.0. The molecule has 8 heteroatoms. The molecule has 1 saturated heterocycles. The number of fused-ring (bicyclic) bond motifs is 1. The number of carbonyl (C=O) groups is 1. The number of aromatic nitrogens is 4. The Hall–Kier alpha value is -2.87. The van der Waals surface area contributed by atoms with E-state index in [2.05, 4.69) is 68.3 Å². The number of anilines is 1. The first-order valence-electron chi connectivity index (χ1n) is 10.8. The number of para-hydroxylation sites is 1. The van der Waals surface area contributed by atoms with Crippen LogP contribution in [0.5, 0.6) is 0 Å². The molecule has 2 aromatic heterocycles. The highest BCUT2D eigenvalue weighted by molar-refractivity contribution is 5.91. The fourth-order valence-corrected chi connectivity index (χ4v) is 4.12. The van der Waals surface area contributed by atoms with Crippen molar-refractivity contribution in [2.24, 2.45) is 0 Å². The SMILES string of the molecule is CCCC(Cc1c[nH]c2ccccc12)NC(=O)c1nc(N2CCN(C)[C@H](C)C2)n[nH]1. The lowest BCUT2D eigenvalue weighted by molar-refractivity contribution is 0.0924. The highest BCUT2D eigenvalue weighted by Crippen LogP contribution is 2.20. The van der Waals surface area contributed by atoms with Crippen molar-refractivity contribution in [2.45, 2.75) is 45.2 Å². The summed E-state index contributed by atoms with van der Waals surface area (Å²) in [5.41, 5.74) is 2.34. The lowest BCUT2D eigenvalue weighted by Gasteiger charge is -2.37. The maximum atomic E-state index is 12.9. The Morgan fingerprint density at radius 3 is 2.97 bits per heavy atom. The van der Waals surface area contributed by atoms with E-state index in [4.69, 9.17) is 0 Å². The average molecular weight is 410 g/mol. The summed E-state index contributed by atoms with van der Waals surface area (Å²) in [7, 11) is 2.13. The number of rotatable bonds is 7. The van der Waals surface area contributed by atoms with Gasteiger partial charge >= 0.3 is 0 Å². The first kappa shape index (κ1) is 20.4. The van der Waals surface area contributed by atoms with Crippen molar-refractivity contribution in [1.82, 2.24) is 30.4 Å². The molecule has 0 bridgehead atoms. The van der Waals surface area contributed by atoms with Crippen molar-refractivity contribution < 1.29 is 4.79 Å². The summed E-state index contributed by atoms with van der Waals surface area (Å²) in [4.78, 5) is 25.1. The van der Waals surface area contributed by atoms with Gasteiger partial charge < -0.3 is 20.1 Å². The van der Waals surface area contributed by atoms with E-state index in [0.717, 1.165) is 44.4 Å². The molecule has 8 nitrogen and oxygen atoms in total. The van der Waals surface area contributed by atoms with Gasteiger partial charge in [0.15, 0.2) is 0 Å². The summed E-state index contributed by atoms with van der Waals surface area (Å²) in [6.45, 7) is 7.00. The minimum absolute atomic E-state index is 0.0407. The Balaban J connectivity index is 1.43. The van der Waals surface area contributed by atoms with Gasteiger partial charge in [-0.25, -0.2) is 0 Å². The smallest absolute Gasteiger partial charge is 0.288 e. The molecule has 0 aliphatic carbocycles. The van der Waals surface area contributed by atoms with Crippen LogP contribution in [0.25, 0.3) is 10.9 Å². The van der Waals surface area contributed by atoms with E-state index in [1.807, 2.05) is 18.3 Å². The fraction of sp³-hybridized carbons (Fsp3) is 0.500. The largest absolute Gasteiger partial charge is 0.361 e. The van der Waals surface area contributed by atoms with Crippen molar-refractivity contribution in [2.75, 3.05) is 31.6 Å². The van der Waals surface area contributed by atoms with Crippen molar-refractivity contribution >= 4 is 22.8 Å². The van der Waals surface area contributed by atoms with E-state index >= 15 is 0 Å². The molecule has 1 fully saturated rings. The van der Waals surface area contributed by atoms with E-state index in [9.17, 15) is 4.79 Å². The van der Waals surface area contributed by atoms with Crippen LogP contribution in [-0.4, -0.2) is 69.7 Å². The standard InChI is InChI=1S/C22H31N7O/c1-4-7-17(12-16-13-23-19-9-6-5-8-18(16)19)24-21(30)20-25-22(27-26-20)29-11-10-28(3)15(2)14-29/h5-6,8-9,13,15,17,23H,4,7,10-12,14H2,1-3H3,(H,24,30)(H,25,26,27)/t15-,17?/m1/s1. The molecule has 0 saturated carbocycles. The number of benzene rings is 1. The van der Waals surface area contributed by atoms with Gasteiger partial charge in [0.2, 0.25) is 11.8 Å². The summed E-state index contributed by atoms with van der Waals surface area (Å²) < 4.78 is 0. The zero-order valence-electron chi connectivity index (χ0n) is 18.0. The van der Waals surface area contributed by atoms with E-state index < -0.39 is 0 Å². The highest BCUT2D eigenvalue weighted by atomic mass is 16.2. The monoisotopic (exact) mass is 409 g/mol. The molecule has 30 heavy (non-hydrogen) atoms. The third-order valence-corrected chi connectivity index (χ3v) is 6.04. The molecule has 0 spiro atoms. The number of piperazine rings is 1. The molecule has 3 heterocycles. The molecule has 1 aliphatic rings. The Kier molecular flexibility index (Phi) is 6.03. The topological polar surface area (TPSA) is 92.9 Å². The summed E-state index contributed by atoms with van der Waals surface area (Å²) in [6.07, 6.45) is 4.72. The normalized spacial score (nSPS) is 18.6. The molecule has 3 N–H and O–H groups in total. The van der Waals surface area contributed by atoms with Crippen LogP contribution in [-0.2, 0) is 6.42 Å². The van der Waals surface area contributed by atoms with Crippen molar-refractivity contribution in [3.63, 3.8) is 0 Å². The highest BCUT2D eigenvalue weighted by Gasteiger charge is 2.25. The van der Waals surface area contributed by atoms with Gasteiger partial charge in [-0.3, -0.25) is 9.89 Å². The number of nitrogens with one attached hydrogen (secondary N) is 3. The van der Waals surface area contributed by atoms with E-state index in [1.54, 1.807) is 0 Å². The lowest BCUT2D eigenvalue weighted by Crippen LogP contribution is -2.50. The summed E-state index contributed by atoms with van der Waals surface area (Å²) >= 11 is 0. The Bertz CT molecular complexity index is 994. The molecule has 1 aliphatic heterocycles. The first-order valence-corrected chi connectivity index (χ1v) is 10.8. The van der Waals surface area contributed by atoms with Crippen LogP contribution < -0.4 is 10.2 Å². The Labute approximate surface area is 177 Å². The maximum Gasteiger partial charge on any atom is 0.288 e. The van der Waals surface area contributed by atoms with Gasteiger partial charge in [-0.15, -0.1) is 5.10 Å². The Morgan fingerprint density at radius 1 is 1.33 bits per heavy atom. The van der Waals surface area contributed by atoms with Crippen molar-refractivity contribution in [1.29, 1.82) is 0 Å². The number of hydrogen-bond acceptors (Lipinski definition) is 5. The molecule has 0 radical (unpaired) electrons. The number of hydrogen-bond donors (Lipinski definition) is 3. The molecule has 2 atom stereocenters. The molecular formula is C22H31N7O. The second kappa shape index (κ2) is 8.87. The molecule has 1 aromatic carbocycles. The summed E-state index contributed by atoms with van der Waals surface area (Å²) in [5.74, 6) is 0.676. The predicted molar refractivity (Wildman–Crippen MR) is 119 cm³/mol. The number of amides is 1.